The highest BCUT2D eigenvalue weighted by Gasteiger charge is 2.48. The number of halogens is 2. The van der Waals surface area contributed by atoms with Crippen molar-refractivity contribution in [2.24, 2.45) is 5.41 Å². The molecule has 5 heterocycles. The maximum absolute atomic E-state index is 11.9. The number of rotatable bonds is 9. The van der Waals surface area contributed by atoms with Crippen molar-refractivity contribution >= 4 is 34.9 Å². The van der Waals surface area contributed by atoms with E-state index < -0.39 is 0 Å². The van der Waals surface area contributed by atoms with Crippen LogP contribution in [0.4, 0.5) is 0 Å². The predicted octanol–water partition coefficient (Wildman–Crippen LogP) is 6.72. The van der Waals surface area contributed by atoms with Crippen molar-refractivity contribution in [1.82, 2.24) is 35.1 Å². The van der Waals surface area contributed by atoms with Gasteiger partial charge in [0.25, 0.3) is 0 Å². The van der Waals surface area contributed by atoms with Crippen LogP contribution in [0.15, 0.2) is 48.8 Å². The molecule has 2 spiro atoms. The summed E-state index contributed by atoms with van der Waals surface area (Å²) in [6, 6.07) is 11.8. The molecule has 50 heavy (non-hydrogen) atoms. The van der Waals surface area contributed by atoms with E-state index in [9.17, 15) is 9.59 Å². The maximum Gasteiger partial charge on any atom is 0.220 e. The molecular weight excluding hydrogens is 669 g/mol. The zero-order valence-electron chi connectivity index (χ0n) is 28.6. The van der Waals surface area contributed by atoms with E-state index in [0.717, 1.165) is 128 Å². The van der Waals surface area contributed by atoms with E-state index in [1.54, 1.807) is 6.20 Å². The number of ketones is 1. The lowest BCUT2D eigenvalue weighted by molar-refractivity contribution is -0.121. The van der Waals surface area contributed by atoms with Gasteiger partial charge in [0.1, 0.15) is 5.78 Å². The first kappa shape index (κ1) is 33.4. The fraction of sp³-hybridized carbons (Fsp3) is 0.436. The number of Topliss-reactive ketones (excluding diaryl/α,β-unsaturated/α-hetero) is 1. The zero-order chi connectivity index (χ0) is 34.6. The van der Waals surface area contributed by atoms with Gasteiger partial charge in [-0.25, -0.2) is 9.97 Å². The van der Waals surface area contributed by atoms with E-state index in [1.165, 1.54) is 0 Å². The third-order valence-corrected chi connectivity index (χ3v) is 11.8. The Morgan fingerprint density at radius 3 is 1.68 bits per heavy atom. The van der Waals surface area contributed by atoms with Crippen molar-refractivity contribution in [2.75, 3.05) is 26.2 Å². The molecule has 0 unspecified atom stereocenters. The number of nitrogens with one attached hydrogen (secondary N) is 1. The van der Waals surface area contributed by atoms with E-state index >= 15 is 0 Å². The van der Waals surface area contributed by atoms with Gasteiger partial charge in [0.05, 0.1) is 62.1 Å². The van der Waals surface area contributed by atoms with Gasteiger partial charge in [0.2, 0.25) is 5.91 Å². The molecule has 2 aromatic carbocycles. The Hall–Kier alpha value is -3.76. The molecule has 3 aliphatic heterocycles. The highest BCUT2D eigenvalue weighted by atomic mass is 35.5. The van der Waals surface area contributed by atoms with Crippen LogP contribution >= 0.6 is 23.2 Å². The monoisotopic (exact) mass is 709 g/mol. The predicted molar refractivity (Wildman–Crippen MR) is 195 cm³/mol. The van der Waals surface area contributed by atoms with Crippen LogP contribution < -0.4 is 5.32 Å². The molecule has 1 saturated carbocycles. The van der Waals surface area contributed by atoms with Crippen molar-refractivity contribution in [3.05, 3.63) is 81.6 Å². The minimum Gasteiger partial charge on any atom is -0.348 e. The SMILES string of the molecule is CCc1nc(-c2cccc(-c3cccc(-c4cnc(CN5CC6(CCC(=O)N6)C5)c(CC)n4)c3Cl)c2Cl)cnc1CN1CC2(CCC(=O)C2)C1. The number of carbonyl (C=O) groups excluding carboxylic acids is 2. The molecule has 1 amide bonds. The number of aryl methyl sites for hydroxylation is 2. The van der Waals surface area contributed by atoms with Crippen LogP contribution in [0, 0.1) is 5.41 Å². The number of benzene rings is 2. The first-order chi connectivity index (χ1) is 24.2. The van der Waals surface area contributed by atoms with Gasteiger partial charge in [-0.05, 0) is 25.7 Å². The third kappa shape index (κ3) is 6.12. The molecule has 2 aromatic heterocycles. The van der Waals surface area contributed by atoms with Crippen LogP contribution in [0.5, 0.6) is 0 Å². The summed E-state index contributed by atoms with van der Waals surface area (Å²) in [6.45, 7) is 9.24. The summed E-state index contributed by atoms with van der Waals surface area (Å²) >= 11 is 14.3. The van der Waals surface area contributed by atoms with E-state index in [-0.39, 0.29) is 16.9 Å². The quantitative estimate of drug-likeness (QED) is 0.204. The fourth-order valence-electron chi connectivity index (χ4n) is 8.51. The van der Waals surface area contributed by atoms with E-state index in [4.69, 9.17) is 43.1 Å². The third-order valence-electron chi connectivity index (χ3n) is 11.0. The number of aromatic nitrogens is 4. The minimum absolute atomic E-state index is 0.0609. The Bertz CT molecular complexity index is 1860. The van der Waals surface area contributed by atoms with Crippen LogP contribution in [0.3, 0.4) is 0 Å². The number of likely N-dealkylation sites (tertiary alicyclic amines) is 2. The van der Waals surface area contributed by atoms with Crippen molar-refractivity contribution in [3.8, 4) is 33.6 Å². The van der Waals surface area contributed by atoms with Gasteiger partial charge in [0, 0.05) is 86.2 Å². The Morgan fingerprint density at radius 2 is 1.22 bits per heavy atom. The summed E-state index contributed by atoms with van der Waals surface area (Å²) in [5, 5.41) is 4.27. The highest BCUT2D eigenvalue weighted by molar-refractivity contribution is 6.39. The van der Waals surface area contributed by atoms with Crippen molar-refractivity contribution in [1.29, 1.82) is 0 Å². The number of hydrogen-bond acceptors (Lipinski definition) is 8. The Kier molecular flexibility index (Phi) is 8.74. The van der Waals surface area contributed by atoms with Gasteiger partial charge >= 0.3 is 0 Å². The van der Waals surface area contributed by atoms with Gasteiger partial charge in [-0.1, -0.05) is 73.4 Å². The summed E-state index contributed by atoms with van der Waals surface area (Å²) in [5.41, 5.74) is 8.61. The van der Waals surface area contributed by atoms with Crippen LogP contribution in [-0.2, 0) is 35.5 Å². The van der Waals surface area contributed by atoms with Gasteiger partial charge in [-0.2, -0.15) is 0 Å². The average Bonchev–Trinajstić information content (AvgIpc) is 3.68. The topological polar surface area (TPSA) is 104 Å². The lowest BCUT2D eigenvalue weighted by Gasteiger charge is -2.47. The number of hydrogen-bond donors (Lipinski definition) is 1. The average molecular weight is 711 g/mol. The normalized spacial score (nSPS) is 19.6. The smallest absolute Gasteiger partial charge is 0.220 e. The summed E-state index contributed by atoms with van der Waals surface area (Å²) in [5.74, 6) is 0.553. The van der Waals surface area contributed by atoms with E-state index in [0.29, 0.717) is 28.8 Å². The molecular formula is C39H41Cl2N7O2. The second kappa shape index (κ2) is 13.1. The lowest BCUT2D eigenvalue weighted by atomic mass is 9.78. The first-order valence-electron chi connectivity index (χ1n) is 17.7. The van der Waals surface area contributed by atoms with Gasteiger partial charge in [-0.15, -0.1) is 0 Å². The molecule has 4 aliphatic rings. The van der Waals surface area contributed by atoms with E-state index in [2.05, 4.69) is 29.0 Å². The molecule has 11 heteroatoms. The number of nitrogens with zero attached hydrogens (tertiary/aromatic N) is 6. The minimum atomic E-state index is -0.0609. The fourth-order valence-corrected chi connectivity index (χ4v) is 9.16. The molecule has 0 bridgehead atoms. The molecule has 1 N–H and O–H groups in total. The second-order valence-corrected chi connectivity index (χ2v) is 15.4. The number of carbonyl (C=O) groups is 2. The van der Waals surface area contributed by atoms with Gasteiger partial charge < -0.3 is 5.32 Å². The van der Waals surface area contributed by atoms with Crippen molar-refractivity contribution in [2.45, 2.75) is 77.4 Å². The van der Waals surface area contributed by atoms with Gasteiger partial charge in [0.15, 0.2) is 0 Å². The molecule has 258 valence electrons. The van der Waals surface area contributed by atoms with Crippen molar-refractivity contribution in [3.63, 3.8) is 0 Å². The Labute approximate surface area is 302 Å². The molecule has 9 nitrogen and oxygen atoms in total. The lowest BCUT2D eigenvalue weighted by Crippen LogP contribution is -2.66. The molecule has 0 radical (unpaired) electrons. The van der Waals surface area contributed by atoms with Crippen LogP contribution in [0.1, 0.15) is 68.7 Å². The summed E-state index contributed by atoms with van der Waals surface area (Å²) in [7, 11) is 0. The van der Waals surface area contributed by atoms with Crippen LogP contribution in [0.2, 0.25) is 10.0 Å². The molecule has 0 atom stereocenters. The van der Waals surface area contributed by atoms with Crippen molar-refractivity contribution < 1.29 is 9.59 Å². The largest absolute Gasteiger partial charge is 0.348 e. The summed E-state index contributed by atoms with van der Waals surface area (Å²) in [6.07, 6.45) is 9.11. The summed E-state index contributed by atoms with van der Waals surface area (Å²) in [4.78, 5) is 48.1. The van der Waals surface area contributed by atoms with E-state index in [1.807, 2.05) is 42.6 Å². The summed E-state index contributed by atoms with van der Waals surface area (Å²) < 4.78 is 0. The molecule has 8 rings (SSSR count). The molecule has 1 aliphatic carbocycles. The number of amides is 1. The molecule has 4 fully saturated rings. The zero-order valence-corrected chi connectivity index (χ0v) is 30.1. The standard InChI is InChI=1S/C39H41Cl2N7O2/c1-3-29-33(18-47-20-38(21-47)13-11-24(49)15-38)42-16-31(44-29)27-9-5-7-25(36(27)40)26-8-6-10-28(37(26)41)32-17-43-34(30(4-2)45-32)19-48-22-39(23-48)14-12-35(50)46-39/h5-10,16-17H,3-4,11-15,18-23H2,1-2H3,(H,46,50). The first-order valence-corrected chi connectivity index (χ1v) is 18.5. The van der Waals surface area contributed by atoms with Crippen LogP contribution in [-0.4, -0.2) is 73.1 Å². The second-order valence-electron chi connectivity index (χ2n) is 14.7. The van der Waals surface area contributed by atoms with Gasteiger partial charge in [-0.3, -0.25) is 29.4 Å². The van der Waals surface area contributed by atoms with Crippen LogP contribution in [0.25, 0.3) is 33.6 Å². The molecule has 4 aromatic rings. The highest BCUT2D eigenvalue weighted by Crippen LogP contribution is 2.45. The Morgan fingerprint density at radius 1 is 0.700 bits per heavy atom. The Balaban J connectivity index is 1.01. The maximum atomic E-state index is 11.9. The molecule has 3 saturated heterocycles.